The molecule has 3 amide bonds. The lowest BCUT2D eigenvalue weighted by Crippen LogP contribution is -3.00. The smallest absolute Gasteiger partial charge is 0.417 e. The monoisotopic (exact) mass is 577 g/mol. The number of carbonyl (C=O) groups excluding carboxylic acids is 3. The van der Waals surface area contributed by atoms with Crippen molar-refractivity contribution in [3.05, 3.63) is 30.1 Å². The van der Waals surface area contributed by atoms with Gasteiger partial charge in [-0.3, -0.25) is 4.79 Å². The Hall–Kier alpha value is -1.95. The maximum atomic E-state index is 12.3. The lowest BCUT2D eigenvalue weighted by atomic mass is 9.95. The Bertz CT molecular complexity index is 757. The fourth-order valence-electron chi connectivity index (χ4n) is 3.71. The van der Waals surface area contributed by atoms with Crippen LogP contribution in [0, 0.1) is 0 Å². The third-order valence-corrected chi connectivity index (χ3v) is 5.61. The van der Waals surface area contributed by atoms with E-state index < -0.39 is 12.0 Å². The zero-order valence-electron chi connectivity index (χ0n) is 19.8. The Labute approximate surface area is 213 Å². The van der Waals surface area contributed by atoms with Crippen LogP contribution in [-0.2, 0) is 32.1 Å². The number of amides is 3. The van der Waals surface area contributed by atoms with Crippen molar-refractivity contribution in [3.63, 3.8) is 0 Å². The topological polar surface area (TPSA) is 89.3 Å². The number of pyridine rings is 1. The molecule has 1 fully saturated rings. The van der Waals surface area contributed by atoms with E-state index in [1.165, 1.54) is 13.3 Å². The fourth-order valence-corrected chi connectivity index (χ4v) is 3.71. The molecule has 9 nitrogen and oxygen atoms in total. The Morgan fingerprint density at radius 2 is 1.64 bits per heavy atom. The van der Waals surface area contributed by atoms with Gasteiger partial charge < -0.3 is 43.1 Å². The minimum Gasteiger partial charge on any atom is -1.00 e. The third kappa shape index (κ3) is 9.83. The van der Waals surface area contributed by atoms with Gasteiger partial charge in [0.1, 0.15) is 26.3 Å². The zero-order chi connectivity index (χ0) is 23.3. The summed E-state index contributed by atoms with van der Waals surface area (Å²) >= 11 is 0. The van der Waals surface area contributed by atoms with Crippen LogP contribution in [0.3, 0.4) is 0 Å². The molecule has 2 rings (SSSR count). The number of halogens is 1. The average Bonchev–Trinajstić information content (AvgIpc) is 2.81. The van der Waals surface area contributed by atoms with Crippen molar-refractivity contribution in [3.8, 4) is 0 Å². The molecule has 1 aliphatic carbocycles. The fraction of sp³-hybridized carbons (Fsp3) is 0.652. The Morgan fingerprint density at radius 1 is 1.00 bits per heavy atom. The molecule has 0 atom stereocenters. The van der Waals surface area contributed by atoms with Crippen LogP contribution in [0.25, 0.3) is 0 Å². The number of carbonyl (C=O) groups is 3. The molecule has 186 valence electrons. The first-order chi connectivity index (χ1) is 15.4. The van der Waals surface area contributed by atoms with E-state index in [2.05, 4.69) is 0 Å². The molecule has 1 aromatic heterocycles. The number of aryl methyl sites for hydroxylation is 1. The summed E-state index contributed by atoms with van der Waals surface area (Å²) in [6.45, 7) is 4.67. The minimum atomic E-state index is -0.715. The van der Waals surface area contributed by atoms with Crippen molar-refractivity contribution in [2.75, 3.05) is 33.5 Å². The second-order valence-electron chi connectivity index (χ2n) is 7.83. The molecular weight excluding hydrogens is 541 g/mol. The number of imide groups is 1. The normalized spacial score (nSPS) is 13.5. The summed E-state index contributed by atoms with van der Waals surface area (Å²) in [4.78, 5) is 39.1. The van der Waals surface area contributed by atoms with Gasteiger partial charge in [0.05, 0.1) is 13.2 Å². The number of rotatable bonds is 10. The van der Waals surface area contributed by atoms with Crippen LogP contribution < -0.4 is 28.5 Å². The number of ether oxygens (including phenoxy) is 3. The average molecular weight is 577 g/mol. The van der Waals surface area contributed by atoms with Crippen molar-refractivity contribution in [1.82, 2.24) is 9.80 Å². The molecule has 0 unspecified atom stereocenters. The van der Waals surface area contributed by atoms with Crippen LogP contribution in [0.5, 0.6) is 0 Å². The van der Waals surface area contributed by atoms with E-state index >= 15 is 0 Å². The van der Waals surface area contributed by atoms with Gasteiger partial charge in [0, 0.05) is 32.1 Å². The first-order valence-electron chi connectivity index (χ1n) is 11.3. The Morgan fingerprint density at radius 3 is 2.24 bits per heavy atom. The highest BCUT2D eigenvalue weighted by atomic mass is 127. The lowest BCUT2D eigenvalue weighted by Gasteiger charge is -2.30. The lowest BCUT2D eigenvalue weighted by molar-refractivity contribution is -0.701. The van der Waals surface area contributed by atoms with Crippen LogP contribution in [0.1, 0.15) is 51.6 Å². The largest absolute Gasteiger partial charge is 1.00 e. The van der Waals surface area contributed by atoms with E-state index in [1.807, 2.05) is 35.9 Å². The first kappa shape index (κ1) is 29.1. The van der Waals surface area contributed by atoms with Crippen LogP contribution in [0.2, 0.25) is 0 Å². The summed E-state index contributed by atoms with van der Waals surface area (Å²) in [5, 5.41) is 0. The van der Waals surface area contributed by atoms with E-state index in [0.29, 0.717) is 0 Å². The Kier molecular flexibility index (Phi) is 13.9. The van der Waals surface area contributed by atoms with Gasteiger partial charge >= 0.3 is 12.2 Å². The van der Waals surface area contributed by atoms with E-state index in [0.717, 1.165) is 42.8 Å². The second kappa shape index (κ2) is 15.8. The second-order valence-corrected chi connectivity index (χ2v) is 7.83. The van der Waals surface area contributed by atoms with Crippen LogP contribution in [0.4, 0.5) is 9.59 Å². The van der Waals surface area contributed by atoms with Gasteiger partial charge in [0.2, 0.25) is 11.6 Å². The molecule has 0 saturated heterocycles. The van der Waals surface area contributed by atoms with Crippen LogP contribution in [-0.4, -0.2) is 67.4 Å². The molecular formula is C23H36IN3O6. The number of hydrogen-bond donors (Lipinski definition) is 0. The quantitative estimate of drug-likeness (QED) is 0.219. The van der Waals surface area contributed by atoms with Gasteiger partial charge in [0.15, 0.2) is 6.20 Å². The van der Waals surface area contributed by atoms with E-state index in [1.54, 1.807) is 11.9 Å². The third-order valence-electron chi connectivity index (χ3n) is 5.61. The minimum absolute atomic E-state index is 0. The van der Waals surface area contributed by atoms with Crippen LogP contribution in [0.15, 0.2) is 24.4 Å². The molecule has 0 spiro atoms. The number of hydrogen-bond acceptors (Lipinski definition) is 6. The van der Waals surface area contributed by atoms with Crippen molar-refractivity contribution in [2.45, 2.75) is 65.1 Å². The van der Waals surface area contributed by atoms with Crippen molar-refractivity contribution >= 4 is 18.1 Å². The predicted molar refractivity (Wildman–Crippen MR) is 117 cm³/mol. The van der Waals surface area contributed by atoms with Gasteiger partial charge in [-0.1, -0.05) is 25.3 Å². The zero-order valence-corrected chi connectivity index (χ0v) is 22.0. The number of nitrogens with zero attached hydrogens (tertiary/aromatic N) is 3. The van der Waals surface area contributed by atoms with Crippen LogP contribution >= 0.6 is 0 Å². The standard InChI is InChI=1S/C23H36N3O6.HI/c1-4-25-13-9-8-12-21(25)18-26(19(2)27)23(29)32-17-15-30-14-16-31-22(28)24(3)20-10-6-5-7-11-20;/h8-9,12-13,20H,4-7,10-11,14-18H2,1-3H3;1H/q+1;/p-1. The molecule has 1 aromatic rings. The summed E-state index contributed by atoms with van der Waals surface area (Å²) in [6.07, 6.45) is 6.41. The summed E-state index contributed by atoms with van der Waals surface area (Å²) in [7, 11) is 1.77. The summed E-state index contributed by atoms with van der Waals surface area (Å²) < 4.78 is 17.7. The van der Waals surface area contributed by atoms with Gasteiger partial charge in [0.25, 0.3) is 0 Å². The van der Waals surface area contributed by atoms with Crippen molar-refractivity contribution in [2.24, 2.45) is 0 Å². The maximum absolute atomic E-state index is 12.3. The molecule has 0 aliphatic heterocycles. The molecule has 0 radical (unpaired) electrons. The SMILES string of the molecule is CC[n+]1ccccc1CN(C(C)=O)C(=O)OCCOCCOC(=O)N(C)C1CCCCC1.[I-]. The highest BCUT2D eigenvalue weighted by molar-refractivity contribution is 5.90. The first-order valence-corrected chi connectivity index (χ1v) is 11.3. The molecule has 1 saturated carbocycles. The summed E-state index contributed by atoms with van der Waals surface area (Å²) in [6, 6.07) is 5.87. The highest BCUT2D eigenvalue weighted by Crippen LogP contribution is 2.21. The number of aromatic nitrogens is 1. The van der Waals surface area contributed by atoms with Crippen molar-refractivity contribution < 1.29 is 57.1 Å². The van der Waals surface area contributed by atoms with E-state index in [-0.39, 0.29) is 69.1 Å². The molecule has 10 heteroatoms. The van der Waals surface area contributed by atoms with Gasteiger partial charge in [-0.05, 0) is 19.8 Å². The van der Waals surface area contributed by atoms with E-state index in [4.69, 9.17) is 14.2 Å². The van der Waals surface area contributed by atoms with Crippen molar-refractivity contribution in [1.29, 1.82) is 0 Å². The molecule has 0 bridgehead atoms. The predicted octanol–water partition coefficient (Wildman–Crippen LogP) is -0.0992. The molecule has 1 aliphatic rings. The van der Waals surface area contributed by atoms with Gasteiger partial charge in [-0.2, -0.15) is 0 Å². The molecule has 0 aromatic carbocycles. The van der Waals surface area contributed by atoms with Gasteiger partial charge in [-0.25, -0.2) is 19.1 Å². The summed E-state index contributed by atoms with van der Waals surface area (Å²) in [5.41, 5.74) is 0.832. The molecule has 0 N–H and O–H groups in total. The molecule has 1 heterocycles. The maximum Gasteiger partial charge on any atom is 0.417 e. The summed E-state index contributed by atoms with van der Waals surface area (Å²) in [5.74, 6) is -0.392. The van der Waals surface area contributed by atoms with E-state index in [9.17, 15) is 14.4 Å². The highest BCUT2D eigenvalue weighted by Gasteiger charge is 2.24. The molecule has 33 heavy (non-hydrogen) atoms. The Balaban J connectivity index is 0.00000544. The van der Waals surface area contributed by atoms with Gasteiger partial charge in [-0.15, -0.1) is 0 Å².